The van der Waals surface area contributed by atoms with Crippen molar-refractivity contribution in [3.63, 3.8) is 0 Å². The van der Waals surface area contributed by atoms with E-state index in [0.29, 0.717) is 36.2 Å². The van der Waals surface area contributed by atoms with Crippen LogP contribution in [0.2, 0.25) is 0 Å². The second kappa shape index (κ2) is 7.55. The average Bonchev–Trinajstić information content (AvgIpc) is 3.27. The third-order valence-electron chi connectivity index (χ3n) is 4.49. The summed E-state index contributed by atoms with van der Waals surface area (Å²) in [6, 6.07) is 4.24. The third kappa shape index (κ3) is 4.19. The van der Waals surface area contributed by atoms with Crippen LogP contribution in [-0.4, -0.2) is 39.8 Å². The average molecular weight is 430 g/mol. The number of oxazole rings is 1. The Kier molecular flexibility index (Phi) is 5.05. The number of nitrogens with one attached hydrogen (secondary N) is 2. The Balaban J connectivity index is 1.47. The Labute approximate surface area is 175 Å². The van der Waals surface area contributed by atoms with Gasteiger partial charge in [0.2, 0.25) is 0 Å². The first-order chi connectivity index (χ1) is 14.2. The molecule has 0 fully saturated rings. The fourth-order valence-electron chi connectivity index (χ4n) is 3.01. The maximum Gasteiger partial charge on any atom is 0.321 e. The van der Waals surface area contributed by atoms with E-state index in [1.165, 1.54) is 23.5 Å². The van der Waals surface area contributed by atoms with Crippen molar-refractivity contribution in [1.82, 2.24) is 15.3 Å². The number of halogens is 1. The van der Waals surface area contributed by atoms with Crippen molar-refractivity contribution in [3.05, 3.63) is 34.1 Å². The molecule has 0 radical (unpaired) electrons. The number of hydrogen-bond acceptors (Lipinski definition) is 8. The number of carbonyl (C=O) groups excluding carboxylic acids is 1. The van der Waals surface area contributed by atoms with Crippen molar-refractivity contribution in [2.45, 2.75) is 32.4 Å². The first-order valence-electron chi connectivity index (χ1n) is 9.23. The molecular formula is C19H19FN6O3S. The molecule has 11 heteroatoms. The molecule has 1 aliphatic rings. The molecule has 0 spiro atoms. The van der Waals surface area contributed by atoms with Crippen LogP contribution in [0.25, 0.3) is 11.1 Å². The van der Waals surface area contributed by atoms with E-state index in [2.05, 4.69) is 20.6 Å². The summed E-state index contributed by atoms with van der Waals surface area (Å²) < 4.78 is 19.5. The van der Waals surface area contributed by atoms with E-state index in [0.717, 1.165) is 10.6 Å². The second-order valence-electron chi connectivity index (χ2n) is 7.59. The van der Waals surface area contributed by atoms with E-state index >= 15 is 0 Å². The van der Waals surface area contributed by atoms with Crippen molar-refractivity contribution < 1.29 is 18.7 Å². The molecule has 0 bridgehead atoms. The zero-order valence-electron chi connectivity index (χ0n) is 16.3. The summed E-state index contributed by atoms with van der Waals surface area (Å²) >= 11 is 1.35. The molecule has 3 N–H and O–H groups in total. The minimum absolute atomic E-state index is 0.0793. The zero-order chi connectivity index (χ0) is 21.5. The maximum absolute atomic E-state index is 13.8. The molecule has 2 aromatic heterocycles. The van der Waals surface area contributed by atoms with Gasteiger partial charge in [-0.1, -0.05) is 11.3 Å². The van der Waals surface area contributed by atoms with Crippen LogP contribution < -0.4 is 15.5 Å². The smallest absolute Gasteiger partial charge is 0.321 e. The summed E-state index contributed by atoms with van der Waals surface area (Å²) in [5.74, 6) is -0.644. The minimum Gasteiger partial charge on any atom is -0.423 e. The molecule has 4 rings (SSSR count). The van der Waals surface area contributed by atoms with Gasteiger partial charge in [-0.05, 0) is 19.9 Å². The Hall–Kier alpha value is -3.23. The van der Waals surface area contributed by atoms with Crippen LogP contribution in [0, 0.1) is 17.1 Å². The molecule has 0 aliphatic carbocycles. The van der Waals surface area contributed by atoms with Crippen LogP contribution in [0.3, 0.4) is 0 Å². The fraction of sp³-hybridized carbons (Fsp3) is 0.368. The molecule has 1 aliphatic heterocycles. The molecule has 0 atom stereocenters. The van der Waals surface area contributed by atoms with Gasteiger partial charge in [-0.2, -0.15) is 10.2 Å². The van der Waals surface area contributed by atoms with Gasteiger partial charge in [0.1, 0.15) is 17.4 Å². The van der Waals surface area contributed by atoms with Gasteiger partial charge in [0.05, 0.1) is 23.4 Å². The summed E-state index contributed by atoms with van der Waals surface area (Å²) in [6.45, 7) is 4.41. The van der Waals surface area contributed by atoms with Crippen LogP contribution in [-0.2, 0) is 13.0 Å². The van der Waals surface area contributed by atoms with Gasteiger partial charge >= 0.3 is 6.03 Å². The summed E-state index contributed by atoms with van der Waals surface area (Å²) in [6.07, 6.45) is 0.634. The number of fused-ring (bicyclic) bond motifs is 2. The lowest BCUT2D eigenvalue weighted by Crippen LogP contribution is -2.40. The van der Waals surface area contributed by atoms with Crippen LogP contribution in [0.5, 0.6) is 0 Å². The van der Waals surface area contributed by atoms with Crippen LogP contribution in [0.15, 0.2) is 16.5 Å². The molecule has 3 aromatic rings. The molecule has 3 heterocycles. The van der Waals surface area contributed by atoms with Gasteiger partial charge in [0.25, 0.3) is 6.01 Å². The monoisotopic (exact) mass is 430 g/mol. The number of anilines is 2. The van der Waals surface area contributed by atoms with Gasteiger partial charge in [0, 0.05) is 30.5 Å². The molecule has 9 nitrogen and oxygen atoms in total. The number of aliphatic hydroxyl groups is 1. The topological polar surface area (TPSA) is 127 Å². The Morgan fingerprint density at radius 1 is 1.47 bits per heavy atom. The van der Waals surface area contributed by atoms with Gasteiger partial charge in [-0.15, -0.1) is 0 Å². The maximum atomic E-state index is 13.8. The highest BCUT2D eigenvalue weighted by molar-refractivity contribution is 7.15. The molecule has 1 aromatic carbocycles. The van der Waals surface area contributed by atoms with Gasteiger partial charge in [0.15, 0.2) is 10.7 Å². The Bertz CT molecular complexity index is 1160. The summed E-state index contributed by atoms with van der Waals surface area (Å²) in [7, 11) is 0. The lowest BCUT2D eigenvalue weighted by atomic mass is 10.1. The van der Waals surface area contributed by atoms with Crippen molar-refractivity contribution in [1.29, 1.82) is 5.26 Å². The number of benzene rings is 1. The number of rotatable bonds is 4. The second-order valence-corrected chi connectivity index (χ2v) is 8.67. The lowest BCUT2D eigenvalue weighted by Gasteiger charge is -2.23. The summed E-state index contributed by atoms with van der Waals surface area (Å²) in [5, 5.41) is 24.4. The zero-order valence-corrected chi connectivity index (χ0v) is 17.1. The van der Waals surface area contributed by atoms with E-state index in [1.54, 1.807) is 19.9 Å². The summed E-state index contributed by atoms with van der Waals surface area (Å²) in [4.78, 5) is 23.7. The number of amides is 2. The molecule has 30 heavy (non-hydrogen) atoms. The fourth-order valence-corrected chi connectivity index (χ4v) is 4.03. The Morgan fingerprint density at radius 2 is 2.27 bits per heavy atom. The SMILES string of the molecule is CC(C)(O)CNC(=O)Nc1nc2c(s1)CN(c1nc3cc(C#N)c(F)cc3o1)CC2. The van der Waals surface area contributed by atoms with Gasteiger partial charge < -0.3 is 19.7 Å². The Morgan fingerprint density at radius 3 is 3.00 bits per heavy atom. The van der Waals surface area contributed by atoms with E-state index < -0.39 is 17.4 Å². The van der Waals surface area contributed by atoms with E-state index in [4.69, 9.17) is 9.68 Å². The number of nitrogens with zero attached hydrogens (tertiary/aromatic N) is 4. The highest BCUT2D eigenvalue weighted by Gasteiger charge is 2.25. The van der Waals surface area contributed by atoms with Gasteiger partial charge in [-0.25, -0.2) is 14.2 Å². The van der Waals surface area contributed by atoms with Crippen molar-refractivity contribution in [3.8, 4) is 6.07 Å². The number of nitriles is 1. The first kappa shape index (κ1) is 20.1. The standard InChI is InChI=1S/C19H19FN6O3S/c1-19(2,28)9-22-16(27)25-17-23-12-3-4-26(8-15(12)30-17)18-24-13-5-10(7-21)11(20)6-14(13)29-18/h5-6,28H,3-4,8-9H2,1-2H3,(H2,22,23,25,27). The van der Waals surface area contributed by atoms with Crippen LogP contribution in [0.1, 0.15) is 30.0 Å². The molecule has 0 saturated carbocycles. The third-order valence-corrected chi connectivity index (χ3v) is 5.49. The molecule has 0 saturated heterocycles. The van der Waals surface area contributed by atoms with Gasteiger partial charge in [-0.3, -0.25) is 5.32 Å². The van der Waals surface area contributed by atoms with E-state index in [1.807, 2.05) is 4.90 Å². The normalized spacial score (nSPS) is 13.8. The molecule has 2 amide bonds. The minimum atomic E-state index is -1.00. The van der Waals surface area contributed by atoms with Crippen LogP contribution >= 0.6 is 11.3 Å². The first-order valence-corrected chi connectivity index (χ1v) is 10.0. The number of urea groups is 1. The number of thiazole rings is 1. The van der Waals surface area contributed by atoms with Crippen molar-refractivity contribution >= 4 is 39.6 Å². The van der Waals surface area contributed by atoms with Crippen molar-refractivity contribution in [2.24, 2.45) is 0 Å². The van der Waals surface area contributed by atoms with E-state index in [-0.39, 0.29) is 17.7 Å². The largest absolute Gasteiger partial charge is 0.423 e. The number of aromatic nitrogens is 2. The lowest BCUT2D eigenvalue weighted by molar-refractivity contribution is 0.0826. The highest BCUT2D eigenvalue weighted by atomic mass is 32.1. The molecular weight excluding hydrogens is 411 g/mol. The number of hydrogen-bond donors (Lipinski definition) is 3. The van der Waals surface area contributed by atoms with E-state index in [9.17, 15) is 14.3 Å². The quantitative estimate of drug-likeness (QED) is 0.581. The van der Waals surface area contributed by atoms with Crippen molar-refractivity contribution in [2.75, 3.05) is 23.3 Å². The predicted octanol–water partition coefficient (Wildman–Crippen LogP) is 2.75. The predicted molar refractivity (Wildman–Crippen MR) is 109 cm³/mol. The number of carbonyl (C=O) groups is 1. The highest BCUT2D eigenvalue weighted by Crippen LogP contribution is 2.32. The van der Waals surface area contributed by atoms with Crippen LogP contribution in [0.4, 0.5) is 20.3 Å². The molecule has 156 valence electrons. The molecule has 0 unspecified atom stereocenters. The summed E-state index contributed by atoms with van der Waals surface area (Å²) in [5.41, 5.74) is 0.509.